The summed E-state index contributed by atoms with van der Waals surface area (Å²) in [5.41, 5.74) is 5.46. The van der Waals surface area contributed by atoms with Crippen molar-refractivity contribution in [2.24, 2.45) is 0 Å². The fourth-order valence-electron chi connectivity index (χ4n) is 1.56. The van der Waals surface area contributed by atoms with Gasteiger partial charge in [-0.2, -0.15) is 4.98 Å². The molecule has 0 fully saturated rings. The van der Waals surface area contributed by atoms with Gasteiger partial charge in [-0.25, -0.2) is 17.7 Å². The minimum absolute atomic E-state index is 0.0984. The van der Waals surface area contributed by atoms with Gasteiger partial charge in [0.25, 0.3) is 0 Å². The summed E-state index contributed by atoms with van der Waals surface area (Å²) in [5, 5.41) is 3.29. The second-order valence-corrected chi connectivity index (χ2v) is 6.34. The van der Waals surface area contributed by atoms with E-state index >= 15 is 0 Å². The van der Waals surface area contributed by atoms with Crippen LogP contribution < -0.4 is 11.1 Å². The number of sulfonamides is 1. The molecule has 0 saturated heterocycles. The number of halogens is 1. The Morgan fingerprint density at radius 1 is 1.47 bits per heavy atom. The van der Waals surface area contributed by atoms with Gasteiger partial charge in [0.2, 0.25) is 16.0 Å². The van der Waals surface area contributed by atoms with E-state index in [1.807, 2.05) is 0 Å². The van der Waals surface area contributed by atoms with Gasteiger partial charge in [-0.1, -0.05) is 18.5 Å². The van der Waals surface area contributed by atoms with E-state index in [0.717, 1.165) is 0 Å². The molecular formula is C10H18ClN5O2S. The molecule has 1 aromatic rings. The number of anilines is 2. The number of rotatable bonds is 7. The van der Waals surface area contributed by atoms with Crippen molar-refractivity contribution in [1.82, 2.24) is 14.3 Å². The van der Waals surface area contributed by atoms with Gasteiger partial charge in [-0.15, -0.1) is 0 Å². The molecule has 7 nitrogen and oxygen atoms in total. The predicted octanol–water partition coefficient (Wildman–Crippen LogP) is 0.796. The molecule has 0 atom stereocenters. The highest BCUT2D eigenvalue weighted by atomic mass is 35.5. The minimum atomic E-state index is -3.13. The van der Waals surface area contributed by atoms with Gasteiger partial charge in [-0.05, 0) is 6.42 Å². The summed E-state index contributed by atoms with van der Waals surface area (Å²) in [4.78, 5) is 7.70. The fourth-order valence-corrected chi connectivity index (χ4v) is 2.68. The first-order chi connectivity index (χ1) is 8.82. The molecule has 0 bridgehead atoms. The fraction of sp³-hybridized carbons (Fsp3) is 0.600. The van der Waals surface area contributed by atoms with Crippen LogP contribution in [0.25, 0.3) is 0 Å². The molecule has 1 heterocycles. The van der Waals surface area contributed by atoms with Crippen LogP contribution in [0.1, 0.15) is 13.3 Å². The highest BCUT2D eigenvalue weighted by molar-refractivity contribution is 7.88. The molecule has 108 valence electrons. The maximum Gasteiger partial charge on any atom is 0.223 e. The van der Waals surface area contributed by atoms with Crippen molar-refractivity contribution in [3.05, 3.63) is 11.2 Å². The van der Waals surface area contributed by atoms with E-state index in [1.165, 1.54) is 10.6 Å². The van der Waals surface area contributed by atoms with Crippen molar-refractivity contribution >= 4 is 33.4 Å². The Labute approximate surface area is 118 Å². The number of nitrogens with zero attached hydrogens (tertiary/aromatic N) is 3. The summed E-state index contributed by atoms with van der Waals surface area (Å²) in [5.74, 6) is 0.626. The minimum Gasteiger partial charge on any atom is -0.370 e. The summed E-state index contributed by atoms with van der Waals surface area (Å²) >= 11 is 5.74. The average molecular weight is 308 g/mol. The van der Waals surface area contributed by atoms with Crippen LogP contribution in [0.3, 0.4) is 0 Å². The van der Waals surface area contributed by atoms with Crippen molar-refractivity contribution in [3.8, 4) is 0 Å². The lowest BCUT2D eigenvalue weighted by Crippen LogP contribution is -2.31. The summed E-state index contributed by atoms with van der Waals surface area (Å²) in [6.45, 7) is 3.29. The van der Waals surface area contributed by atoms with E-state index < -0.39 is 10.0 Å². The Kier molecular flexibility index (Phi) is 5.77. The Bertz CT molecular complexity index is 502. The lowest BCUT2D eigenvalue weighted by Gasteiger charge is -2.17. The molecule has 0 aliphatic rings. The van der Waals surface area contributed by atoms with E-state index in [9.17, 15) is 8.42 Å². The van der Waals surface area contributed by atoms with Crippen LogP contribution in [0.2, 0.25) is 5.15 Å². The topological polar surface area (TPSA) is 101 Å². The third kappa shape index (κ3) is 5.58. The molecule has 0 aliphatic carbocycles. The molecule has 0 unspecified atom stereocenters. The lowest BCUT2D eigenvalue weighted by atomic mass is 10.4. The molecule has 1 rings (SSSR count). The predicted molar refractivity (Wildman–Crippen MR) is 76.7 cm³/mol. The Hall–Kier alpha value is -1.12. The van der Waals surface area contributed by atoms with E-state index in [2.05, 4.69) is 15.3 Å². The van der Waals surface area contributed by atoms with Crippen LogP contribution in [-0.4, -0.2) is 48.6 Å². The normalized spacial score (nSPS) is 11.8. The third-order valence-corrected chi connectivity index (χ3v) is 4.00. The molecule has 0 aromatic carbocycles. The number of hydrogen-bond acceptors (Lipinski definition) is 6. The van der Waals surface area contributed by atoms with E-state index in [0.29, 0.717) is 31.9 Å². The molecule has 0 saturated carbocycles. The van der Waals surface area contributed by atoms with E-state index in [1.54, 1.807) is 13.0 Å². The molecule has 19 heavy (non-hydrogen) atoms. The lowest BCUT2D eigenvalue weighted by molar-refractivity contribution is 0.428. The van der Waals surface area contributed by atoms with Crippen molar-refractivity contribution in [2.75, 3.05) is 36.9 Å². The molecule has 9 heteroatoms. The van der Waals surface area contributed by atoms with Crippen molar-refractivity contribution in [3.63, 3.8) is 0 Å². The van der Waals surface area contributed by atoms with Crippen LogP contribution in [0.15, 0.2) is 6.07 Å². The SMILES string of the molecule is CCN(CCCNc1cc(Cl)nc(N)n1)S(C)(=O)=O. The van der Waals surface area contributed by atoms with E-state index in [4.69, 9.17) is 17.3 Å². The van der Waals surface area contributed by atoms with Gasteiger partial charge < -0.3 is 11.1 Å². The van der Waals surface area contributed by atoms with Crippen LogP contribution in [-0.2, 0) is 10.0 Å². The average Bonchev–Trinajstić information content (AvgIpc) is 2.25. The standard InChI is InChI=1S/C10H18ClN5O2S/c1-3-16(19(2,17)18)6-4-5-13-9-7-8(11)14-10(12)15-9/h7H,3-6H2,1-2H3,(H3,12,13,14,15). The molecule has 1 aromatic heterocycles. The number of nitrogens with two attached hydrogens (primary N) is 1. The Morgan fingerprint density at radius 3 is 2.68 bits per heavy atom. The largest absolute Gasteiger partial charge is 0.370 e. The first kappa shape index (κ1) is 15.9. The zero-order valence-electron chi connectivity index (χ0n) is 10.9. The van der Waals surface area contributed by atoms with Crippen LogP contribution in [0.4, 0.5) is 11.8 Å². The first-order valence-corrected chi connectivity index (χ1v) is 8.04. The van der Waals surface area contributed by atoms with E-state index in [-0.39, 0.29) is 11.1 Å². The molecule has 0 spiro atoms. The summed E-state index contributed by atoms with van der Waals surface area (Å²) < 4.78 is 24.1. The summed E-state index contributed by atoms with van der Waals surface area (Å²) in [6.07, 6.45) is 1.86. The number of aromatic nitrogens is 2. The number of hydrogen-bond donors (Lipinski definition) is 2. The number of nitrogen functional groups attached to an aromatic ring is 1. The maximum absolute atomic E-state index is 11.4. The molecule has 0 aliphatic heterocycles. The summed E-state index contributed by atoms with van der Waals surface area (Å²) in [7, 11) is -3.13. The Morgan fingerprint density at radius 2 is 2.16 bits per heavy atom. The maximum atomic E-state index is 11.4. The van der Waals surface area contributed by atoms with Crippen molar-refractivity contribution in [1.29, 1.82) is 0 Å². The van der Waals surface area contributed by atoms with Gasteiger partial charge in [0, 0.05) is 25.7 Å². The van der Waals surface area contributed by atoms with Gasteiger partial charge >= 0.3 is 0 Å². The zero-order chi connectivity index (χ0) is 14.5. The molecular weight excluding hydrogens is 290 g/mol. The van der Waals surface area contributed by atoms with Gasteiger partial charge in [0.1, 0.15) is 11.0 Å². The second kappa shape index (κ2) is 6.88. The second-order valence-electron chi connectivity index (χ2n) is 3.97. The Balaban J connectivity index is 2.42. The molecule has 0 amide bonds. The quantitative estimate of drug-likeness (QED) is 0.570. The van der Waals surface area contributed by atoms with Crippen LogP contribution in [0.5, 0.6) is 0 Å². The molecule has 3 N–H and O–H groups in total. The monoisotopic (exact) mass is 307 g/mol. The van der Waals surface area contributed by atoms with Gasteiger partial charge in [-0.3, -0.25) is 0 Å². The molecule has 0 radical (unpaired) electrons. The van der Waals surface area contributed by atoms with Crippen molar-refractivity contribution in [2.45, 2.75) is 13.3 Å². The highest BCUT2D eigenvalue weighted by Crippen LogP contribution is 2.12. The van der Waals surface area contributed by atoms with Gasteiger partial charge in [0.15, 0.2) is 0 Å². The smallest absolute Gasteiger partial charge is 0.223 e. The van der Waals surface area contributed by atoms with Gasteiger partial charge in [0.05, 0.1) is 6.26 Å². The summed E-state index contributed by atoms with van der Waals surface area (Å²) in [6, 6.07) is 1.56. The van der Waals surface area contributed by atoms with Crippen LogP contribution >= 0.6 is 11.6 Å². The third-order valence-electron chi connectivity index (χ3n) is 2.42. The first-order valence-electron chi connectivity index (χ1n) is 5.82. The number of nitrogens with one attached hydrogen (secondary N) is 1. The zero-order valence-corrected chi connectivity index (χ0v) is 12.5. The highest BCUT2D eigenvalue weighted by Gasteiger charge is 2.13. The van der Waals surface area contributed by atoms with Crippen molar-refractivity contribution < 1.29 is 8.42 Å². The van der Waals surface area contributed by atoms with Crippen LogP contribution in [0, 0.1) is 0 Å².